The molecule has 3 N–H and O–H groups in total. The minimum Gasteiger partial charge on any atom is -0.395 e. The van der Waals surface area contributed by atoms with E-state index in [4.69, 9.17) is 5.11 Å². The molecule has 1 aromatic rings. The monoisotopic (exact) mass is 197 g/mol. The lowest BCUT2D eigenvalue weighted by Gasteiger charge is -2.19. The number of rotatable bonds is 5. The predicted molar refractivity (Wildman–Crippen MR) is 55.9 cm³/mol. The fourth-order valence-corrected chi connectivity index (χ4v) is 1.31. The van der Waals surface area contributed by atoms with Crippen molar-refractivity contribution in [2.24, 2.45) is 5.92 Å². The zero-order valence-corrected chi connectivity index (χ0v) is 9.04. The van der Waals surface area contributed by atoms with Gasteiger partial charge in [-0.3, -0.25) is 5.10 Å². The predicted octanol–water partition coefficient (Wildman–Crippen LogP) is 0.825. The van der Waals surface area contributed by atoms with E-state index in [0.717, 1.165) is 17.8 Å². The van der Waals surface area contributed by atoms with Crippen LogP contribution in [0.25, 0.3) is 0 Å². The first-order chi connectivity index (χ1) is 6.65. The molecule has 1 unspecified atom stereocenters. The molecule has 0 aliphatic rings. The fourth-order valence-electron chi connectivity index (χ4n) is 1.31. The van der Waals surface area contributed by atoms with E-state index in [2.05, 4.69) is 29.4 Å². The zero-order valence-electron chi connectivity index (χ0n) is 9.04. The van der Waals surface area contributed by atoms with Crippen LogP contribution in [0.4, 0.5) is 0 Å². The molecule has 4 nitrogen and oxygen atoms in total. The van der Waals surface area contributed by atoms with Gasteiger partial charge < -0.3 is 10.4 Å². The summed E-state index contributed by atoms with van der Waals surface area (Å²) >= 11 is 0. The van der Waals surface area contributed by atoms with Gasteiger partial charge in [0.05, 0.1) is 12.8 Å². The van der Waals surface area contributed by atoms with Crippen molar-refractivity contribution in [2.45, 2.75) is 33.4 Å². The minimum absolute atomic E-state index is 0.157. The molecular formula is C10H19N3O. The van der Waals surface area contributed by atoms with Gasteiger partial charge in [-0.1, -0.05) is 13.8 Å². The van der Waals surface area contributed by atoms with Crippen LogP contribution in [0.5, 0.6) is 0 Å². The maximum absolute atomic E-state index is 9.11. The number of nitrogens with one attached hydrogen (secondary N) is 2. The van der Waals surface area contributed by atoms with Crippen LogP contribution in [-0.2, 0) is 6.54 Å². The maximum atomic E-state index is 9.11. The van der Waals surface area contributed by atoms with Crippen LogP contribution in [0.15, 0.2) is 6.20 Å². The first kappa shape index (κ1) is 11.2. The lowest BCUT2D eigenvalue weighted by Crippen LogP contribution is -2.36. The zero-order chi connectivity index (χ0) is 10.6. The summed E-state index contributed by atoms with van der Waals surface area (Å²) in [7, 11) is 0. The molecular weight excluding hydrogens is 178 g/mol. The van der Waals surface area contributed by atoms with E-state index >= 15 is 0 Å². The van der Waals surface area contributed by atoms with Crippen LogP contribution < -0.4 is 5.32 Å². The Hall–Kier alpha value is -0.870. The Labute approximate surface area is 84.7 Å². The SMILES string of the molecule is Cc1[nH]ncc1CNC(CO)C(C)C. The molecule has 0 saturated heterocycles. The lowest BCUT2D eigenvalue weighted by molar-refractivity contribution is 0.210. The Bertz CT molecular complexity index is 270. The number of aliphatic hydroxyl groups is 1. The number of aliphatic hydroxyl groups excluding tert-OH is 1. The second kappa shape index (κ2) is 5.12. The van der Waals surface area contributed by atoms with Crippen LogP contribution in [-0.4, -0.2) is 28.0 Å². The number of aromatic amines is 1. The molecule has 1 heterocycles. The van der Waals surface area contributed by atoms with Crippen molar-refractivity contribution in [1.82, 2.24) is 15.5 Å². The summed E-state index contributed by atoms with van der Waals surface area (Å²) in [4.78, 5) is 0. The molecule has 14 heavy (non-hydrogen) atoms. The number of nitrogens with zero attached hydrogens (tertiary/aromatic N) is 1. The average Bonchev–Trinajstić information content (AvgIpc) is 2.52. The van der Waals surface area contributed by atoms with Crippen molar-refractivity contribution in [1.29, 1.82) is 0 Å². The molecule has 80 valence electrons. The fraction of sp³-hybridized carbons (Fsp3) is 0.700. The Balaban J connectivity index is 2.43. The quantitative estimate of drug-likeness (QED) is 0.655. The molecule has 0 fully saturated rings. The molecule has 0 amide bonds. The van der Waals surface area contributed by atoms with Gasteiger partial charge in [-0.25, -0.2) is 0 Å². The van der Waals surface area contributed by atoms with Crippen molar-refractivity contribution in [3.05, 3.63) is 17.5 Å². The van der Waals surface area contributed by atoms with Crippen LogP contribution in [0, 0.1) is 12.8 Å². The molecule has 0 spiro atoms. The Morgan fingerprint density at radius 2 is 2.29 bits per heavy atom. The van der Waals surface area contributed by atoms with Gasteiger partial charge in [0.15, 0.2) is 0 Å². The Kier molecular flexibility index (Phi) is 4.10. The summed E-state index contributed by atoms with van der Waals surface area (Å²) in [6.45, 7) is 7.11. The molecule has 1 atom stereocenters. The highest BCUT2D eigenvalue weighted by molar-refractivity contribution is 5.13. The largest absolute Gasteiger partial charge is 0.395 e. The van der Waals surface area contributed by atoms with E-state index in [1.54, 1.807) is 0 Å². The van der Waals surface area contributed by atoms with E-state index in [1.807, 2.05) is 13.1 Å². The summed E-state index contributed by atoms with van der Waals surface area (Å²) in [5.41, 5.74) is 2.24. The first-order valence-electron chi connectivity index (χ1n) is 4.98. The molecule has 0 aliphatic carbocycles. The molecule has 0 bridgehead atoms. The molecule has 0 radical (unpaired) electrons. The van der Waals surface area contributed by atoms with Crippen molar-refractivity contribution >= 4 is 0 Å². The van der Waals surface area contributed by atoms with Gasteiger partial charge in [-0.2, -0.15) is 5.10 Å². The summed E-state index contributed by atoms with van der Waals surface area (Å²) in [5.74, 6) is 0.437. The average molecular weight is 197 g/mol. The minimum atomic E-state index is 0.157. The number of H-pyrrole nitrogens is 1. The highest BCUT2D eigenvalue weighted by Crippen LogP contribution is 2.05. The third-order valence-electron chi connectivity index (χ3n) is 2.49. The molecule has 4 heteroatoms. The topological polar surface area (TPSA) is 60.9 Å². The standard InChI is InChI=1S/C10H19N3O/c1-7(2)10(6-14)11-4-9-5-12-13-8(9)3/h5,7,10-11,14H,4,6H2,1-3H3,(H,12,13). The molecule has 0 aliphatic heterocycles. The third-order valence-corrected chi connectivity index (χ3v) is 2.49. The van der Waals surface area contributed by atoms with Gasteiger partial charge in [0.2, 0.25) is 0 Å². The smallest absolute Gasteiger partial charge is 0.0587 e. The van der Waals surface area contributed by atoms with Crippen LogP contribution >= 0.6 is 0 Å². The van der Waals surface area contributed by atoms with E-state index < -0.39 is 0 Å². The highest BCUT2D eigenvalue weighted by atomic mass is 16.3. The van der Waals surface area contributed by atoms with Gasteiger partial charge in [0.1, 0.15) is 0 Å². The van der Waals surface area contributed by atoms with Gasteiger partial charge in [-0.15, -0.1) is 0 Å². The third kappa shape index (κ3) is 2.82. The summed E-state index contributed by atoms with van der Waals surface area (Å²) in [5, 5.41) is 19.2. The second-order valence-corrected chi connectivity index (χ2v) is 3.93. The Morgan fingerprint density at radius 3 is 2.71 bits per heavy atom. The number of aryl methyl sites for hydroxylation is 1. The summed E-state index contributed by atoms with van der Waals surface area (Å²) < 4.78 is 0. The summed E-state index contributed by atoms with van der Waals surface area (Å²) in [6, 6.07) is 0.157. The van der Waals surface area contributed by atoms with Crippen LogP contribution in [0.1, 0.15) is 25.1 Å². The molecule has 1 rings (SSSR count). The van der Waals surface area contributed by atoms with E-state index in [9.17, 15) is 0 Å². The Morgan fingerprint density at radius 1 is 1.57 bits per heavy atom. The van der Waals surface area contributed by atoms with Gasteiger partial charge >= 0.3 is 0 Å². The molecule has 0 saturated carbocycles. The van der Waals surface area contributed by atoms with Crippen LogP contribution in [0.2, 0.25) is 0 Å². The van der Waals surface area contributed by atoms with E-state index in [0.29, 0.717) is 5.92 Å². The van der Waals surface area contributed by atoms with Crippen molar-refractivity contribution in [2.75, 3.05) is 6.61 Å². The van der Waals surface area contributed by atoms with Crippen LogP contribution in [0.3, 0.4) is 0 Å². The molecule has 1 aromatic heterocycles. The maximum Gasteiger partial charge on any atom is 0.0587 e. The first-order valence-corrected chi connectivity index (χ1v) is 4.98. The van der Waals surface area contributed by atoms with E-state index in [1.165, 1.54) is 0 Å². The lowest BCUT2D eigenvalue weighted by atomic mass is 10.1. The van der Waals surface area contributed by atoms with Gasteiger partial charge in [-0.05, 0) is 12.8 Å². The number of aromatic nitrogens is 2. The molecule has 0 aromatic carbocycles. The normalized spacial score (nSPS) is 13.5. The van der Waals surface area contributed by atoms with Gasteiger partial charge in [0, 0.05) is 23.8 Å². The van der Waals surface area contributed by atoms with Crippen molar-refractivity contribution < 1.29 is 5.11 Å². The van der Waals surface area contributed by atoms with Gasteiger partial charge in [0.25, 0.3) is 0 Å². The van der Waals surface area contributed by atoms with Crippen molar-refractivity contribution in [3.8, 4) is 0 Å². The number of hydrogen-bond acceptors (Lipinski definition) is 3. The van der Waals surface area contributed by atoms with E-state index in [-0.39, 0.29) is 12.6 Å². The second-order valence-electron chi connectivity index (χ2n) is 3.93. The highest BCUT2D eigenvalue weighted by Gasteiger charge is 2.11. The van der Waals surface area contributed by atoms with Crippen molar-refractivity contribution in [3.63, 3.8) is 0 Å². The summed E-state index contributed by atoms with van der Waals surface area (Å²) in [6.07, 6.45) is 1.82. The number of hydrogen-bond donors (Lipinski definition) is 3.